The molecule has 0 saturated carbocycles. The van der Waals surface area contributed by atoms with Gasteiger partial charge in [-0.15, -0.1) is 0 Å². The summed E-state index contributed by atoms with van der Waals surface area (Å²) in [6.07, 6.45) is 1.76. The highest BCUT2D eigenvalue weighted by molar-refractivity contribution is 14.1. The maximum Gasteiger partial charge on any atom is 0.293 e. The summed E-state index contributed by atoms with van der Waals surface area (Å²) in [6, 6.07) is 7.26. The molecule has 2 aromatic rings. The van der Waals surface area contributed by atoms with Crippen LogP contribution in [0, 0.1) is 20.6 Å². The van der Waals surface area contributed by atoms with Crippen molar-refractivity contribution in [2.45, 2.75) is 6.92 Å². The van der Waals surface area contributed by atoms with E-state index in [1.54, 1.807) is 12.3 Å². The number of nitro benzene ring substituents is 1. The summed E-state index contributed by atoms with van der Waals surface area (Å²) in [4.78, 5) is 23.8. The first-order valence-corrected chi connectivity index (χ1v) is 8.36. The van der Waals surface area contributed by atoms with E-state index in [0.717, 1.165) is 41.4 Å². The van der Waals surface area contributed by atoms with Crippen LogP contribution < -0.4 is 9.80 Å². The molecule has 1 aliphatic heterocycles. The molecule has 0 radical (unpaired) electrons. The molecule has 7 nitrogen and oxygen atoms in total. The lowest BCUT2D eigenvalue weighted by Crippen LogP contribution is -2.47. The van der Waals surface area contributed by atoms with Crippen molar-refractivity contribution in [3.05, 3.63) is 50.0 Å². The number of benzene rings is 1. The average Bonchev–Trinajstić information content (AvgIpc) is 2.55. The molecule has 0 unspecified atom stereocenters. The Hall–Kier alpha value is -1.97. The first-order chi connectivity index (χ1) is 11.0. The van der Waals surface area contributed by atoms with Gasteiger partial charge in [-0.05, 0) is 47.7 Å². The molecule has 1 aliphatic rings. The zero-order valence-corrected chi connectivity index (χ0v) is 14.8. The van der Waals surface area contributed by atoms with Crippen molar-refractivity contribution in [3.63, 3.8) is 0 Å². The number of nitrogens with zero attached hydrogens (tertiary/aromatic N) is 5. The number of hydrogen-bond donors (Lipinski definition) is 0. The van der Waals surface area contributed by atoms with Crippen LogP contribution in [0.4, 0.5) is 17.2 Å². The summed E-state index contributed by atoms with van der Waals surface area (Å²) < 4.78 is 0.869. The van der Waals surface area contributed by atoms with Crippen LogP contribution in [0.5, 0.6) is 0 Å². The normalized spacial score (nSPS) is 14.9. The van der Waals surface area contributed by atoms with Crippen LogP contribution in [0.25, 0.3) is 0 Å². The Kier molecular flexibility index (Phi) is 4.60. The largest absolute Gasteiger partial charge is 0.362 e. The van der Waals surface area contributed by atoms with Crippen LogP contribution in [0.15, 0.2) is 30.5 Å². The molecule has 8 heteroatoms. The van der Waals surface area contributed by atoms with Gasteiger partial charge >= 0.3 is 0 Å². The molecule has 0 atom stereocenters. The van der Waals surface area contributed by atoms with Gasteiger partial charge in [0.25, 0.3) is 5.69 Å². The van der Waals surface area contributed by atoms with E-state index < -0.39 is 0 Å². The summed E-state index contributed by atoms with van der Waals surface area (Å²) in [5.74, 6) is 1.66. The zero-order valence-electron chi connectivity index (χ0n) is 12.6. The number of halogens is 1. The number of hydrogen-bond acceptors (Lipinski definition) is 6. The molecular formula is C15H16IN5O2. The van der Waals surface area contributed by atoms with E-state index in [0.29, 0.717) is 5.69 Å². The van der Waals surface area contributed by atoms with Gasteiger partial charge in [-0.25, -0.2) is 9.97 Å². The molecule has 120 valence electrons. The fourth-order valence-corrected chi connectivity index (χ4v) is 3.18. The minimum absolute atomic E-state index is 0.170. The first-order valence-electron chi connectivity index (χ1n) is 7.28. The van der Waals surface area contributed by atoms with Gasteiger partial charge in [-0.3, -0.25) is 10.1 Å². The quantitative estimate of drug-likeness (QED) is 0.428. The number of nitro groups is 1. The van der Waals surface area contributed by atoms with Gasteiger partial charge in [0.1, 0.15) is 17.3 Å². The van der Waals surface area contributed by atoms with Crippen LogP contribution in [-0.4, -0.2) is 41.1 Å². The van der Waals surface area contributed by atoms with Crippen LogP contribution in [0.1, 0.15) is 5.82 Å². The number of piperazine rings is 1. The second-order valence-electron chi connectivity index (χ2n) is 5.33. The van der Waals surface area contributed by atoms with E-state index in [1.165, 1.54) is 0 Å². The molecule has 0 N–H and O–H groups in total. The van der Waals surface area contributed by atoms with Gasteiger partial charge in [0.05, 0.1) is 4.92 Å². The standard InChI is InChI=1S/C15H16IN5O2/c1-11-17-5-4-15(18-11)20-8-6-19(7-9-20)13-3-2-12(16)10-14(13)21(22)23/h2-5,10H,6-9H2,1H3. The summed E-state index contributed by atoms with van der Waals surface area (Å²) in [7, 11) is 0. The SMILES string of the molecule is Cc1nccc(N2CCN(c3ccc(I)cc3[N+](=O)[O-])CC2)n1. The minimum Gasteiger partial charge on any atom is -0.362 e. The van der Waals surface area contributed by atoms with Crippen LogP contribution in [0.2, 0.25) is 0 Å². The molecule has 3 rings (SSSR count). The topological polar surface area (TPSA) is 75.4 Å². The Bertz CT molecular complexity index is 732. The fraction of sp³-hybridized carbons (Fsp3) is 0.333. The third kappa shape index (κ3) is 3.52. The molecule has 1 aromatic heterocycles. The van der Waals surface area contributed by atoms with Gasteiger partial charge in [0.15, 0.2) is 0 Å². The third-order valence-electron chi connectivity index (χ3n) is 3.84. The molecule has 0 aliphatic carbocycles. The highest BCUT2D eigenvalue weighted by Gasteiger charge is 2.24. The monoisotopic (exact) mass is 425 g/mol. The van der Waals surface area contributed by atoms with Crippen molar-refractivity contribution in [2.24, 2.45) is 0 Å². The first kappa shape index (κ1) is 15.9. The summed E-state index contributed by atoms with van der Waals surface area (Å²) >= 11 is 2.09. The fourth-order valence-electron chi connectivity index (χ4n) is 2.71. The molecule has 0 bridgehead atoms. The third-order valence-corrected chi connectivity index (χ3v) is 4.51. The molecule has 1 saturated heterocycles. The Morgan fingerprint density at radius 3 is 2.52 bits per heavy atom. The molecular weight excluding hydrogens is 409 g/mol. The van der Waals surface area contributed by atoms with Crippen molar-refractivity contribution >= 4 is 39.8 Å². The maximum absolute atomic E-state index is 11.3. The van der Waals surface area contributed by atoms with E-state index in [1.807, 2.05) is 25.1 Å². The van der Waals surface area contributed by atoms with Gasteiger partial charge in [-0.1, -0.05) is 0 Å². The Balaban J connectivity index is 1.76. The number of rotatable bonds is 3. The Morgan fingerprint density at radius 2 is 1.87 bits per heavy atom. The highest BCUT2D eigenvalue weighted by Crippen LogP contribution is 2.30. The Labute approximate surface area is 147 Å². The van der Waals surface area contributed by atoms with Gasteiger partial charge in [0, 0.05) is 42.0 Å². The lowest BCUT2D eigenvalue weighted by Gasteiger charge is -2.36. The lowest BCUT2D eigenvalue weighted by atomic mass is 10.2. The lowest BCUT2D eigenvalue weighted by molar-refractivity contribution is -0.384. The summed E-state index contributed by atoms with van der Waals surface area (Å²) in [5.41, 5.74) is 0.858. The van der Waals surface area contributed by atoms with Gasteiger partial charge in [0.2, 0.25) is 0 Å². The summed E-state index contributed by atoms with van der Waals surface area (Å²) in [6.45, 7) is 4.88. The van der Waals surface area contributed by atoms with Crippen molar-refractivity contribution in [1.29, 1.82) is 0 Å². The molecule has 0 spiro atoms. The second-order valence-corrected chi connectivity index (χ2v) is 6.57. The predicted octanol–water partition coefficient (Wildman–Crippen LogP) is 2.62. The molecule has 23 heavy (non-hydrogen) atoms. The predicted molar refractivity (Wildman–Crippen MR) is 97.0 cm³/mol. The van der Waals surface area contributed by atoms with Crippen LogP contribution in [0.3, 0.4) is 0 Å². The molecule has 0 amide bonds. The summed E-state index contributed by atoms with van der Waals surface area (Å²) in [5, 5.41) is 11.3. The van der Waals surface area contributed by atoms with E-state index in [-0.39, 0.29) is 10.6 Å². The Morgan fingerprint density at radius 1 is 1.17 bits per heavy atom. The smallest absolute Gasteiger partial charge is 0.293 e. The van der Waals surface area contributed by atoms with Crippen molar-refractivity contribution in [1.82, 2.24) is 9.97 Å². The second kappa shape index (κ2) is 6.65. The van der Waals surface area contributed by atoms with Crippen molar-refractivity contribution in [3.8, 4) is 0 Å². The molecule has 1 fully saturated rings. The average molecular weight is 425 g/mol. The van der Waals surface area contributed by atoms with Crippen molar-refractivity contribution in [2.75, 3.05) is 36.0 Å². The number of anilines is 2. The number of aryl methyl sites for hydroxylation is 1. The molecule has 1 aromatic carbocycles. The number of aromatic nitrogens is 2. The van der Waals surface area contributed by atoms with Crippen molar-refractivity contribution < 1.29 is 4.92 Å². The van der Waals surface area contributed by atoms with Crippen LogP contribution >= 0.6 is 22.6 Å². The zero-order chi connectivity index (χ0) is 16.4. The van der Waals surface area contributed by atoms with Crippen LogP contribution in [-0.2, 0) is 0 Å². The maximum atomic E-state index is 11.3. The van der Waals surface area contributed by atoms with E-state index in [2.05, 4.69) is 42.4 Å². The molecule has 2 heterocycles. The van der Waals surface area contributed by atoms with E-state index in [4.69, 9.17) is 0 Å². The van der Waals surface area contributed by atoms with Gasteiger partial charge in [-0.2, -0.15) is 0 Å². The minimum atomic E-state index is -0.308. The van der Waals surface area contributed by atoms with E-state index >= 15 is 0 Å². The highest BCUT2D eigenvalue weighted by atomic mass is 127. The van der Waals surface area contributed by atoms with Gasteiger partial charge < -0.3 is 9.80 Å². The van der Waals surface area contributed by atoms with E-state index in [9.17, 15) is 10.1 Å².